The van der Waals surface area contributed by atoms with Crippen molar-refractivity contribution in [1.29, 1.82) is 0 Å². The van der Waals surface area contributed by atoms with Crippen LogP contribution in [0.1, 0.15) is 26.5 Å². The molecule has 4 N–H and O–H groups in total. The molecule has 0 saturated heterocycles. The van der Waals surface area contributed by atoms with Gasteiger partial charge in [0, 0.05) is 16.1 Å². The topological polar surface area (TPSA) is 119 Å². The minimum Gasteiger partial charge on any atom is -0.364 e. The molecule has 0 aliphatic carbocycles. The summed E-state index contributed by atoms with van der Waals surface area (Å²) in [4.78, 5) is 29.1. The van der Waals surface area contributed by atoms with E-state index in [-0.39, 0.29) is 11.4 Å². The number of carbonyl (C=O) groups excluding carboxylic acids is 2. The lowest BCUT2D eigenvalue weighted by Gasteiger charge is -2.10. The zero-order chi connectivity index (χ0) is 21.3. The summed E-state index contributed by atoms with van der Waals surface area (Å²) in [5, 5.41) is 9.66. The fourth-order valence-electron chi connectivity index (χ4n) is 3.10. The SMILES string of the molecule is Cc1ccc(Br)cc1-n1cnc(C(=O)Nc2cc(-c3ccccc3)n[nH]2)c1C(N)=O. The summed E-state index contributed by atoms with van der Waals surface area (Å²) in [6, 6.07) is 16.8. The number of H-pyrrole nitrogens is 1. The molecular weight excluding hydrogens is 448 g/mol. The molecular formula is C21H17BrN6O2. The lowest BCUT2D eigenvalue weighted by Crippen LogP contribution is -2.23. The third kappa shape index (κ3) is 3.74. The van der Waals surface area contributed by atoms with Crippen molar-refractivity contribution in [3.63, 3.8) is 0 Å². The highest BCUT2D eigenvalue weighted by atomic mass is 79.9. The number of aromatic nitrogens is 4. The first kappa shape index (κ1) is 19.6. The van der Waals surface area contributed by atoms with Crippen molar-refractivity contribution in [2.24, 2.45) is 5.73 Å². The number of hydrogen-bond acceptors (Lipinski definition) is 4. The highest BCUT2D eigenvalue weighted by Crippen LogP contribution is 2.24. The van der Waals surface area contributed by atoms with Crippen molar-refractivity contribution in [3.05, 3.63) is 82.3 Å². The Kier molecular flexibility index (Phi) is 5.20. The number of imidazole rings is 1. The van der Waals surface area contributed by atoms with Crippen LogP contribution in [0, 0.1) is 6.92 Å². The van der Waals surface area contributed by atoms with Gasteiger partial charge in [-0.2, -0.15) is 5.10 Å². The molecule has 150 valence electrons. The third-order valence-electron chi connectivity index (χ3n) is 4.54. The predicted octanol–water partition coefficient (Wildman–Crippen LogP) is 3.68. The zero-order valence-electron chi connectivity index (χ0n) is 15.9. The van der Waals surface area contributed by atoms with E-state index < -0.39 is 11.8 Å². The maximum Gasteiger partial charge on any atom is 0.277 e. The molecule has 0 unspecified atom stereocenters. The van der Waals surface area contributed by atoms with E-state index >= 15 is 0 Å². The summed E-state index contributed by atoms with van der Waals surface area (Å²) in [7, 11) is 0. The number of nitrogens with one attached hydrogen (secondary N) is 2. The molecule has 0 aliphatic rings. The molecule has 2 amide bonds. The molecule has 0 aliphatic heterocycles. The first-order chi connectivity index (χ1) is 14.4. The van der Waals surface area contributed by atoms with Gasteiger partial charge in [0.05, 0.1) is 11.4 Å². The van der Waals surface area contributed by atoms with Gasteiger partial charge in [0.25, 0.3) is 11.8 Å². The normalized spacial score (nSPS) is 10.7. The van der Waals surface area contributed by atoms with Crippen LogP contribution in [0.15, 0.2) is 65.4 Å². The number of benzene rings is 2. The molecule has 30 heavy (non-hydrogen) atoms. The number of aromatic amines is 1. The number of nitrogens with zero attached hydrogens (tertiary/aromatic N) is 3. The molecule has 0 atom stereocenters. The molecule has 0 saturated carbocycles. The van der Waals surface area contributed by atoms with E-state index in [1.54, 1.807) is 6.07 Å². The molecule has 2 aromatic heterocycles. The second-order valence-corrected chi connectivity index (χ2v) is 7.51. The Hall–Kier alpha value is -3.72. The van der Waals surface area contributed by atoms with Crippen LogP contribution in [0.5, 0.6) is 0 Å². The van der Waals surface area contributed by atoms with Crippen LogP contribution in [-0.2, 0) is 0 Å². The van der Waals surface area contributed by atoms with Crippen molar-refractivity contribution in [2.45, 2.75) is 6.92 Å². The van der Waals surface area contributed by atoms with Crippen LogP contribution in [-0.4, -0.2) is 31.6 Å². The Balaban J connectivity index is 1.65. The fraction of sp³-hybridized carbons (Fsp3) is 0.0476. The number of primary amides is 1. The van der Waals surface area contributed by atoms with Crippen molar-refractivity contribution in [1.82, 2.24) is 19.7 Å². The van der Waals surface area contributed by atoms with Gasteiger partial charge in [0.15, 0.2) is 5.69 Å². The van der Waals surface area contributed by atoms with E-state index in [2.05, 4.69) is 36.4 Å². The highest BCUT2D eigenvalue weighted by molar-refractivity contribution is 9.10. The Morgan fingerprint density at radius 3 is 2.63 bits per heavy atom. The number of hydrogen-bond donors (Lipinski definition) is 3. The van der Waals surface area contributed by atoms with Gasteiger partial charge >= 0.3 is 0 Å². The van der Waals surface area contributed by atoms with Gasteiger partial charge in [-0.05, 0) is 24.6 Å². The number of amides is 2. The Morgan fingerprint density at radius 1 is 1.13 bits per heavy atom. The van der Waals surface area contributed by atoms with Gasteiger partial charge in [0.2, 0.25) is 0 Å². The summed E-state index contributed by atoms with van der Waals surface area (Å²) < 4.78 is 2.34. The Bertz CT molecular complexity index is 1250. The van der Waals surface area contributed by atoms with Gasteiger partial charge in [-0.1, -0.05) is 52.3 Å². The summed E-state index contributed by atoms with van der Waals surface area (Å²) >= 11 is 3.42. The zero-order valence-corrected chi connectivity index (χ0v) is 17.5. The van der Waals surface area contributed by atoms with Crippen LogP contribution in [0.4, 0.5) is 5.82 Å². The van der Waals surface area contributed by atoms with Crippen molar-refractivity contribution < 1.29 is 9.59 Å². The number of nitrogens with two attached hydrogens (primary N) is 1. The smallest absolute Gasteiger partial charge is 0.277 e. The number of halogens is 1. The van der Waals surface area contributed by atoms with Gasteiger partial charge in [0.1, 0.15) is 17.8 Å². The van der Waals surface area contributed by atoms with Gasteiger partial charge in [-0.3, -0.25) is 19.3 Å². The molecule has 0 fully saturated rings. The first-order valence-corrected chi connectivity index (χ1v) is 9.79. The van der Waals surface area contributed by atoms with E-state index in [1.165, 1.54) is 10.9 Å². The van der Waals surface area contributed by atoms with Crippen molar-refractivity contribution >= 4 is 33.6 Å². The predicted molar refractivity (Wildman–Crippen MR) is 116 cm³/mol. The highest BCUT2D eigenvalue weighted by Gasteiger charge is 2.24. The average Bonchev–Trinajstić information content (AvgIpc) is 3.38. The maximum absolute atomic E-state index is 12.8. The maximum atomic E-state index is 12.8. The second kappa shape index (κ2) is 7.96. The monoisotopic (exact) mass is 464 g/mol. The van der Waals surface area contributed by atoms with Crippen LogP contribution in [0.3, 0.4) is 0 Å². The third-order valence-corrected chi connectivity index (χ3v) is 5.04. The quantitative estimate of drug-likeness (QED) is 0.417. The fourth-order valence-corrected chi connectivity index (χ4v) is 3.45. The van der Waals surface area contributed by atoms with Gasteiger partial charge in [-0.15, -0.1) is 0 Å². The van der Waals surface area contributed by atoms with E-state index in [9.17, 15) is 9.59 Å². The molecule has 0 spiro atoms. The minimum atomic E-state index is -0.758. The van der Waals surface area contributed by atoms with Crippen LogP contribution >= 0.6 is 15.9 Å². The average molecular weight is 465 g/mol. The number of carbonyl (C=O) groups is 2. The Labute approximate surface area is 180 Å². The summed E-state index contributed by atoms with van der Waals surface area (Å²) in [5.74, 6) is -0.951. The first-order valence-electron chi connectivity index (χ1n) is 9.00. The summed E-state index contributed by atoms with van der Waals surface area (Å²) in [5.41, 5.74) is 8.68. The molecule has 8 nitrogen and oxygen atoms in total. The number of anilines is 1. The van der Waals surface area contributed by atoms with E-state index in [0.29, 0.717) is 17.2 Å². The molecule has 9 heteroatoms. The van der Waals surface area contributed by atoms with E-state index in [4.69, 9.17) is 5.73 Å². The van der Waals surface area contributed by atoms with Crippen molar-refractivity contribution in [2.75, 3.05) is 5.32 Å². The largest absolute Gasteiger partial charge is 0.364 e. The van der Waals surface area contributed by atoms with E-state index in [1.807, 2.05) is 55.5 Å². The number of rotatable bonds is 5. The standard InChI is InChI=1S/C21H17BrN6O2/c1-12-7-8-14(22)9-16(12)28-11-24-18(19(28)20(23)29)21(30)25-17-10-15(26-27-17)13-5-3-2-4-6-13/h2-11H,1H3,(H2,23,29)(H2,25,26,27,30). The molecule has 4 aromatic rings. The lowest BCUT2D eigenvalue weighted by atomic mass is 10.1. The van der Waals surface area contributed by atoms with Crippen molar-refractivity contribution in [3.8, 4) is 16.9 Å². The minimum absolute atomic E-state index is 0.00324. The molecule has 0 bridgehead atoms. The van der Waals surface area contributed by atoms with E-state index in [0.717, 1.165) is 15.6 Å². The Morgan fingerprint density at radius 2 is 1.90 bits per heavy atom. The lowest BCUT2D eigenvalue weighted by molar-refractivity contribution is 0.0970. The summed E-state index contributed by atoms with van der Waals surface area (Å²) in [6.45, 7) is 1.89. The van der Waals surface area contributed by atoms with Crippen LogP contribution in [0.2, 0.25) is 0 Å². The molecule has 2 aromatic carbocycles. The van der Waals surface area contributed by atoms with Crippen LogP contribution in [0.25, 0.3) is 16.9 Å². The summed E-state index contributed by atoms with van der Waals surface area (Å²) in [6.07, 6.45) is 1.41. The second-order valence-electron chi connectivity index (χ2n) is 6.59. The van der Waals surface area contributed by atoms with Gasteiger partial charge < -0.3 is 11.1 Å². The molecule has 0 radical (unpaired) electrons. The van der Waals surface area contributed by atoms with Crippen LogP contribution < -0.4 is 11.1 Å². The van der Waals surface area contributed by atoms with Gasteiger partial charge in [-0.25, -0.2) is 4.98 Å². The molecule has 2 heterocycles. The number of aryl methyl sites for hydroxylation is 1. The molecule has 4 rings (SSSR count).